The Kier molecular flexibility index (Phi) is 6.81. The third kappa shape index (κ3) is 5.23. The van der Waals surface area contributed by atoms with Crippen molar-refractivity contribution >= 4 is 27.5 Å². The Morgan fingerprint density at radius 3 is 2.61 bits per heavy atom. The van der Waals surface area contributed by atoms with E-state index in [0.717, 1.165) is 22.5 Å². The van der Waals surface area contributed by atoms with Crippen molar-refractivity contribution in [1.29, 1.82) is 0 Å². The molecule has 36 heavy (non-hydrogen) atoms. The summed E-state index contributed by atoms with van der Waals surface area (Å²) in [6.07, 6.45) is -5.80. The second kappa shape index (κ2) is 9.69. The number of carboxylic acid groups (broad SMARTS) is 1. The van der Waals surface area contributed by atoms with Crippen molar-refractivity contribution in [1.82, 2.24) is 4.98 Å². The highest BCUT2D eigenvalue weighted by Crippen LogP contribution is 2.41. The number of carbonyl (C=O) groups is 1. The number of ether oxygens (including phenoxy) is 1. The number of anilines is 2. The normalized spacial score (nSPS) is 15.7. The van der Waals surface area contributed by atoms with Gasteiger partial charge in [0.2, 0.25) is 0 Å². The predicted octanol–water partition coefficient (Wildman–Crippen LogP) is 4.63. The van der Waals surface area contributed by atoms with E-state index in [4.69, 9.17) is 9.84 Å². The molecule has 0 fully saturated rings. The summed E-state index contributed by atoms with van der Waals surface area (Å²) in [4.78, 5) is 15.0. The Morgan fingerprint density at radius 2 is 1.92 bits per heavy atom. The van der Waals surface area contributed by atoms with E-state index in [0.29, 0.717) is 23.1 Å². The van der Waals surface area contributed by atoms with Gasteiger partial charge in [-0.3, -0.25) is 9.10 Å². The topological polar surface area (TPSA) is 109 Å². The lowest BCUT2D eigenvalue weighted by molar-refractivity contribution is -0.138. The van der Waals surface area contributed by atoms with Crippen LogP contribution in [0.15, 0.2) is 65.6 Å². The van der Waals surface area contributed by atoms with Gasteiger partial charge in [-0.15, -0.1) is 0 Å². The Morgan fingerprint density at radius 1 is 1.17 bits per heavy atom. The molecule has 0 amide bonds. The Labute approximate surface area is 205 Å². The molecular weight excluding hydrogens is 499 g/mol. The van der Waals surface area contributed by atoms with Gasteiger partial charge in [-0.05, 0) is 55.0 Å². The molecule has 0 saturated carbocycles. The van der Waals surface area contributed by atoms with Gasteiger partial charge in [-0.25, -0.2) is 13.4 Å². The smallest absolute Gasteiger partial charge is 0.416 e. The lowest BCUT2D eigenvalue weighted by atomic mass is 10.1. The number of pyridine rings is 1. The van der Waals surface area contributed by atoms with E-state index in [1.165, 1.54) is 6.07 Å². The van der Waals surface area contributed by atoms with E-state index in [2.05, 4.69) is 10.3 Å². The molecule has 0 bridgehead atoms. The number of nitrogens with one attached hydrogen (secondary N) is 1. The number of carboxylic acids is 1. The highest BCUT2D eigenvalue weighted by Gasteiger charge is 2.37. The first kappa shape index (κ1) is 25.3. The molecule has 0 aliphatic carbocycles. The summed E-state index contributed by atoms with van der Waals surface area (Å²) in [7, 11) is -2.77. The third-order valence-corrected chi connectivity index (χ3v) is 7.40. The molecular formula is C24H22F3N3O5S. The molecule has 190 valence electrons. The van der Waals surface area contributed by atoms with Crippen LogP contribution in [0.4, 0.5) is 24.7 Å². The summed E-state index contributed by atoms with van der Waals surface area (Å²) in [6, 6.07) is 13.5. The zero-order chi connectivity index (χ0) is 26.1. The molecule has 1 aliphatic rings. The zero-order valence-electron chi connectivity index (χ0n) is 19.0. The Balaban J connectivity index is 1.81. The van der Waals surface area contributed by atoms with Gasteiger partial charge < -0.3 is 15.2 Å². The van der Waals surface area contributed by atoms with Gasteiger partial charge in [0.25, 0.3) is 10.0 Å². The van der Waals surface area contributed by atoms with E-state index in [9.17, 15) is 26.4 Å². The summed E-state index contributed by atoms with van der Waals surface area (Å²) >= 11 is 0. The van der Waals surface area contributed by atoms with E-state index >= 15 is 0 Å². The van der Waals surface area contributed by atoms with Gasteiger partial charge in [0, 0.05) is 19.0 Å². The average Bonchev–Trinajstić information content (AvgIpc) is 2.86. The molecule has 1 aliphatic heterocycles. The van der Waals surface area contributed by atoms with Crippen molar-refractivity contribution in [3.8, 4) is 17.0 Å². The largest absolute Gasteiger partial charge is 0.486 e. The fourth-order valence-corrected chi connectivity index (χ4v) is 5.37. The predicted molar refractivity (Wildman–Crippen MR) is 126 cm³/mol. The number of benzene rings is 2. The fourth-order valence-electron chi connectivity index (χ4n) is 3.83. The molecule has 0 radical (unpaired) electrons. The first-order valence-corrected chi connectivity index (χ1v) is 12.3. The van der Waals surface area contributed by atoms with Gasteiger partial charge in [0.15, 0.2) is 0 Å². The van der Waals surface area contributed by atoms with E-state index in [-0.39, 0.29) is 30.8 Å². The maximum atomic E-state index is 13.6. The summed E-state index contributed by atoms with van der Waals surface area (Å²) < 4.78 is 73.9. The molecule has 8 nitrogen and oxygen atoms in total. The van der Waals surface area contributed by atoms with Gasteiger partial charge >= 0.3 is 12.1 Å². The maximum absolute atomic E-state index is 13.6. The second-order valence-corrected chi connectivity index (χ2v) is 9.94. The van der Waals surface area contributed by atoms with Crippen LogP contribution in [0.3, 0.4) is 0 Å². The van der Waals surface area contributed by atoms with Crippen LogP contribution < -0.4 is 14.4 Å². The van der Waals surface area contributed by atoms with Crippen LogP contribution in [0.5, 0.6) is 5.75 Å². The van der Waals surface area contributed by atoms with Crippen LogP contribution in [-0.2, 0) is 21.0 Å². The Hall–Kier alpha value is -3.80. The SMILES string of the molecule is CNc1cccc(-c2ccc3c(c2)N(S(=O)(=O)c2cccc(C(F)(F)F)c2)C[C@H](CCC(=O)O)O3)n1. The van der Waals surface area contributed by atoms with E-state index in [1.807, 2.05) is 0 Å². The number of halogens is 3. The van der Waals surface area contributed by atoms with Gasteiger partial charge in [-0.1, -0.05) is 12.1 Å². The van der Waals surface area contributed by atoms with Crippen LogP contribution in [0.25, 0.3) is 11.3 Å². The minimum atomic E-state index is -4.73. The van der Waals surface area contributed by atoms with Gasteiger partial charge in [-0.2, -0.15) is 13.2 Å². The van der Waals surface area contributed by atoms with Gasteiger partial charge in [0.1, 0.15) is 17.7 Å². The van der Waals surface area contributed by atoms with Crippen LogP contribution >= 0.6 is 0 Å². The van der Waals surface area contributed by atoms with Crippen LogP contribution in [0.2, 0.25) is 0 Å². The second-order valence-electron chi connectivity index (χ2n) is 8.07. The number of sulfonamides is 1. The number of aromatic nitrogens is 1. The number of rotatable bonds is 7. The summed E-state index contributed by atoms with van der Waals surface area (Å²) in [5.41, 5.74) is 0.117. The Bertz CT molecular complexity index is 1400. The van der Waals surface area contributed by atoms with Crippen molar-refractivity contribution < 1.29 is 36.2 Å². The zero-order valence-corrected chi connectivity index (χ0v) is 19.8. The molecule has 0 saturated heterocycles. The van der Waals surface area contributed by atoms with E-state index in [1.54, 1.807) is 37.4 Å². The summed E-state index contributed by atoms with van der Waals surface area (Å²) in [5, 5.41) is 12.0. The molecule has 1 aromatic heterocycles. The highest BCUT2D eigenvalue weighted by atomic mass is 32.2. The fraction of sp³-hybridized carbons (Fsp3) is 0.250. The molecule has 0 unspecified atom stereocenters. The number of fused-ring (bicyclic) bond motifs is 1. The van der Waals surface area contributed by atoms with Crippen molar-refractivity contribution in [3.05, 3.63) is 66.2 Å². The van der Waals surface area contributed by atoms with Crippen molar-refractivity contribution in [2.45, 2.75) is 30.0 Å². The number of hydrogen-bond donors (Lipinski definition) is 2. The molecule has 3 aromatic rings. The number of alkyl halides is 3. The molecule has 2 aromatic carbocycles. The molecule has 0 spiro atoms. The first-order valence-electron chi connectivity index (χ1n) is 10.9. The number of hydrogen-bond acceptors (Lipinski definition) is 6. The molecule has 2 heterocycles. The average molecular weight is 522 g/mol. The monoisotopic (exact) mass is 521 g/mol. The molecule has 1 atom stereocenters. The number of nitrogens with zero attached hydrogens (tertiary/aromatic N) is 2. The highest BCUT2D eigenvalue weighted by molar-refractivity contribution is 7.92. The molecule has 12 heteroatoms. The minimum Gasteiger partial charge on any atom is -0.486 e. The van der Waals surface area contributed by atoms with Crippen LogP contribution in [0, 0.1) is 0 Å². The first-order chi connectivity index (χ1) is 17.0. The standard InChI is InChI=1S/C24H22F3N3O5S/c1-28-22-7-3-6-19(29-22)15-8-10-21-20(12-15)30(14-17(35-21)9-11-23(31)32)36(33,34)18-5-2-4-16(13-18)24(25,26)27/h2-8,10,12-13,17H,9,11,14H2,1H3,(H,28,29)(H,31,32)/t17-/m0/s1. The quantitative estimate of drug-likeness (QED) is 0.467. The summed E-state index contributed by atoms with van der Waals surface area (Å²) in [6.45, 7) is -0.272. The maximum Gasteiger partial charge on any atom is 0.416 e. The third-order valence-electron chi connectivity index (χ3n) is 5.62. The van der Waals surface area contributed by atoms with E-state index < -0.39 is 38.7 Å². The van der Waals surface area contributed by atoms with Crippen molar-refractivity contribution in [3.63, 3.8) is 0 Å². The molecule has 4 rings (SSSR count). The van der Waals surface area contributed by atoms with Crippen LogP contribution in [0.1, 0.15) is 18.4 Å². The molecule has 2 N–H and O–H groups in total. The van der Waals surface area contributed by atoms with Crippen LogP contribution in [-0.4, -0.2) is 44.2 Å². The van der Waals surface area contributed by atoms with Gasteiger partial charge in [0.05, 0.1) is 28.4 Å². The summed E-state index contributed by atoms with van der Waals surface area (Å²) in [5.74, 6) is -0.327. The lowest BCUT2D eigenvalue weighted by Crippen LogP contribution is -2.43. The lowest BCUT2D eigenvalue weighted by Gasteiger charge is -2.35. The van der Waals surface area contributed by atoms with Crippen molar-refractivity contribution in [2.24, 2.45) is 0 Å². The number of aliphatic carboxylic acids is 1. The van der Waals surface area contributed by atoms with Crippen molar-refractivity contribution in [2.75, 3.05) is 23.2 Å². The minimum absolute atomic E-state index is 0.0108.